The molecule has 0 spiro atoms. The van der Waals surface area contributed by atoms with Gasteiger partial charge in [-0.15, -0.1) is 0 Å². The first-order chi connectivity index (χ1) is 13.0. The molecular weight excluding hydrogens is 368 g/mol. The molecule has 0 saturated carbocycles. The first kappa shape index (κ1) is 19.4. The third kappa shape index (κ3) is 5.30. The fraction of sp³-hybridized carbons (Fsp3) is 0.529. The summed E-state index contributed by atoms with van der Waals surface area (Å²) in [4.78, 5) is 22.7. The molecule has 1 saturated heterocycles. The number of aromatic nitrogens is 4. The molecule has 2 aromatic rings. The molecule has 9 nitrogen and oxygen atoms in total. The van der Waals surface area contributed by atoms with Gasteiger partial charge in [0.05, 0.1) is 24.6 Å². The molecule has 2 aromatic heterocycles. The van der Waals surface area contributed by atoms with Gasteiger partial charge < -0.3 is 16.0 Å². The highest BCUT2D eigenvalue weighted by Crippen LogP contribution is 2.23. The van der Waals surface area contributed by atoms with E-state index in [4.69, 9.17) is 11.6 Å². The number of aryl methyl sites for hydroxylation is 1. The predicted molar refractivity (Wildman–Crippen MR) is 105 cm³/mol. The molecular formula is C17H25ClN8O. The van der Waals surface area contributed by atoms with E-state index < -0.39 is 0 Å². The number of carbonyl (C=O) groups is 1. The summed E-state index contributed by atoms with van der Waals surface area (Å²) < 4.78 is 1.70. The highest BCUT2D eigenvalue weighted by atomic mass is 35.5. The van der Waals surface area contributed by atoms with Crippen LogP contribution in [0.4, 0.5) is 17.5 Å². The number of likely N-dealkylation sites (N-methyl/N-ethyl adjacent to an activating group) is 1. The Bertz CT molecular complexity index is 780. The number of rotatable bonds is 8. The zero-order chi connectivity index (χ0) is 19.2. The van der Waals surface area contributed by atoms with Crippen LogP contribution in [-0.2, 0) is 11.8 Å². The quantitative estimate of drug-likeness (QED) is 0.627. The van der Waals surface area contributed by atoms with Gasteiger partial charge in [0, 0.05) is 32.4 Å². The van der Waals surface area contributed by atoms with Crippen molar-refractivity contribution < 1.29 is 4.79 Å². The minimum atomic E-state index is 0.0624. The van der Waals surface area contributed by atoms with Gasteiger partial charge in [-0.1, -0.05) is 11.6 Å². The average Bonchev–Trinajstić information content (AvgIpc) is 3.24. The van der Waals surface area contributed by atoms with E-state index in [1.807, 2.05) is 20.2 Å². The lowest BCUT2D eigenvalue weighted by molar-refractivity contribution is -0.122. The molecule has 0 radical (unpaired) electrons. The predicted octanol–water partition coefficient (Wildman–Crippen LogP) is 1.62. The Kier molecular flexibility index (Phi) is 6.46. The molecule has 1 fully saturated rings. The van der Waals surface area contributed by atoms with Crippen molar-refractivity contribution in [3.05, 3.63) is 23.6 Å². The van der Waals surface area contributed by atoms with Gasteiger partial charge in [0.15, 0.2) is 5.82 Å². The standard InChI is InChI=1S/C17H25ClN8O/c1-3-19-15(27)11-26-6-4-5-13(26)8-20-16-14(18)9-21-17(24-16)23-12-7-22-25(2)10-12/h7,9-10,13H,3-6,8,11H2,1-2H3,(H,19,27)(H2,20,21,23,24)/t13-/m1/s1. The number of carbonyl (C=O) groups excluding carboxylic acids is 1. The summed E-state index contributed by atoms with van der Waals surface area (Å²) in [7, 11) is 1.84. The number of halogens is 1. The Morgan fingerprint density at radius 1 is 1.41 bits per heavy atom. The van der Waals surface area contributed by atoms with Gasteiger partial charge in [-0.3, -0.25) is 14.4 Å². The highest BCUT2D eigenvalue weighted by molar-refractivity contribution is 6.32. The van der Waals surface area contributed by atoms with Crippen LogP contribution >= 0.6 is 11.6 Å². The molecule has 0 aliphatic carbocycles. The molecule has 3 rings (SSSR count). The van der Waals surface area contributed by atoms with Gasteiger partial charge >= 0.3 is 0 Å². The van der Waals surface area contributed by atoms with E-state index >= 15 is 0 Å². The van der Waals surface area contributed by atoms with Gasteiger partial charge in [-0.2, -0.15) is 10.1 Å². The lowest BCUT2D eigenvalue weighted by Crippen LogP contribution is -2.42. The number of amides is 1. The van der Waals surface area contributed by atoms with Crippen molar-refractivity contribution in [2.24, 2.45) is 7.05 Å². The van der Waals surface area contributed by atoms with Crippen LogP contribution in [0.2, 0.25) is 5.02 Å². The van der Waals surface area contributed by atoms with E-state index in [-0.39, 0.29) is 11.9 Å². The first-order valence-electron chi connectivity index (χ1n) is 9.08. The molecule has 10 heteroatoms. The van der Waals surface area contributed by atoms with Crippen molar-refractivity contribution in [1.82, 2.24) is 30.0 Å². The fourth-order valence-corrected chi connectivity index (χ4v) is 3.31. The van der Waals surface area contributed by atoms with Crippen LogP contribution in [0.1, 0.15) is 19.8 Å². The molecule has 1 aliphatic rings. The molecule has 1 amide bonds. The molecule has 0 aromatic carbocycles. The zero-order valence-electron chi connectivity index (χ0n) is 15.6. The van der Waals surface area contributed by atoms with E-state index in [9.17, 15) is 4.79 Å². The Morgan fingerprint density at radius 3 is 3.00 bits per heavy atom. The van der Waals surface area contributed by atoms with Gasteiger partial charge in [-0.25, -0.2) is 4.98 Å². The fourth-order valence-electron chi connectivity index (χ4n) is 3.15. The van der Waals surface area contributed by atoms with Crippen molar-refractivity contribution in [3.63, 3.8) is 0 Å². The lowest BCUT2D eigenvalue weighted by Gasteiger charge is -2.24. The van der Waals surface area contributed by atoms with Gasteiger partial charge in [0.1, 0.15) is 5.02 Å². The largest absolute Gasteiger partial charge is 0.367 e. The number of hydrogen-bond acceptors (Lipinski definition) is 7. The summed E-state index contributed by atoms with van der Waals surface area (Å²) in [6, 6.07) is 0.272. The summed E-state index contributed by atoms with van der Waals surface area (Å²) in [5.41, 5.74) is 0.801. The van der Waals surface area contributed by atoms with E-state index in [1.165, 1.54) is 0 Å². The second-order valence-electron chi connectivity index (χ2n) is 6.52. The smallest absolute Gasteiger partial charge is 0.234 e. The van der Waals surface area contributed by atoms with Crippen molar-refractivity contribution in [3.8, 4) is 0 Å². The van der Waals surface area contributed by atoms with Crippen LogP contribution in [0, 0.1) is 0 Å². The van der Waals surface area contributed by atoms with Crippen molar-refractivity contribution in [1.29, 1.82) is 0 Å². The zero-order valence-corrected chi connectivity index (χ0v) is 16.3. The van der Waals surface area contributed by atoms with Crippen molar-refractivity contribution in [2.45, 2.75) is 25.8 Å². The summed E-state index contributed by atoms with van der Waals surface area (Å²) in [5.74, 6) is 1.08. The molecule has 1 atom stereocenters. The summed E-state index contributed by atoms with van der Waals surface area (Å²) >= 11 is 6.24. The Morgan fingerprint density at radius 2 is 2.26 bits per heavy atom. The number of anilines is 3. The maximum absolute atomic E-state index is 11.9. The van der Waals surface area contributed by atoms with Gasteiger partial charge in [0.2, 0.25) is 11.9 Å². The van der Waals surface area contributed by atoms with Crippen LogP contribution in [0.25, 0.3) is 0 Å². The first-order valence-corrected chi connectivity index (χ1v) is 9.45. The SMILES string of the molecule is CCNC(=O)CN1CCC[C@@H]1CNc1nc(Nc2cnn(C)c2)ncc1Cl. The number of hydrogen-bond donors (Lipinski definition) is 3. The second kappa shape index (κ2) is 9.01. The topological polar surface area (TPSA) is 100 Å². The molecule has 27 heavy (non-hydrogen) atoms. The molecule has 146 valence electrons. The van der Waals surface area contributed by atoms with E-state index in [0.717, 1.165) is 25.1 Å². The number of nitrogens with zero attached hydrogens (tertiary/aromatic N) is 5. The Balaban J connectivity index is 1.59. The third-order valence-electron chi connectivity index (χ3n) is 4.43. The monoisotopic (exact) mass is 392 g/mol. The summed E-state index contributed by atoms with van der Waals surface area (Å²) in [5, 5.41) is 13.8. The molecule has 0 unspecified atom stereocenters. The van der Waals surface area contributed by atoms with Gasteiger partial charge in [0.25, 0.3) is 0 Å². The minimum absolute atomic E-state index is 0.0624. The average molecular weight is 393 g/mol. The second-order valence-corrected chi connectivity index (χ2v) is 6.93. The molecule has 1 aliphatic heterocycles. The van der Waals surface area contributed by atoms with E-state index in [1.54, 1.807) is 17.1 Å². The summed E-state index contributed by atoms with van der Waals surface area (Å²) in [6.07, 6.45) is 7.22. The van der Waals surface area contributed by atoms with E-state index in [0.29, 0.717) is 36.4 Å². The number of nitrogens with one attached hydrogen (secondary N) is 3. The maximum atomic E-state index is 11.9. The van der Waals surface area contributed by atoms with Crippen molar-refractivity contribution >= 4 is 35.0 Å². The summed E-state index contributed by atoms with van der Waals surface area (Å²) in [6.45, 7) is 4.59. The highest BCUT2D eigenvalue weighted by Gasteiger charge is 2.26. The Labute approximate surface area is 163 Å². The molecule has 0 bridgehead atoms. The van der Waals surface area contributed by atoms with Crippen LogP contribution in [0.3, 0.4) is 0 Å². The minimum Gasteiger partial charge on any atom is -0.367 e. The molecule has 3 heterocycles. The van der Waals surface area contributed by atoms with E-state index in [2.05, 4.69) is 35.9 Å². The number of likely N-dealkylation sites (tertiary alicyclic amines) is 1. The lowest BCUT2D eigenvalue weighted by atomic mass is 10.2. The van der Waals surface area contributed by atoms with Crippen LogP contribution in [-0.4, -0.2) is 62.8 Å². The molecule has 3 N–H and O–H groups in total. The van der Waals surface area contributed by atoms with Crippen LogP contribution < -0.4 is 16.0 Å². The maximum Gasteiger partial charge on any atom is 0.234 e. The van der Waals surface area contributed by atoms with Crippen LogP contribution in [0.15, 0.2) is 18.6 Å². The Hall–Kier alpha value is -2.39. The van der Waals surface area contributed by atoms with Gasteiger partial charge in [-0.05, 0) is 26.3 Å². The normalized spacial score (nSPS) is 17.1. The van der Waals surface area contributed by atoms with Crippen molar-refractivity contribution in [2.75, 3.05) is 36.8 Å². The third-order valence-corrected chi connectivity index (χ3v) is 4.71. The van der Waals surface area contributed by atoms with Crippen LogP contribution in [0.5, 0.6) is 0 Å².